The third kappa shape index (κ3) is 2.55. The lowest BCUT2D eigenvalue weighted by molar-refractivity contribution is -0.250. The Morgan fingerprint density at radius 2 is 1.38 bits per heavy atom. The molecule has 2 heteroatoms. The normalized spacial score (nSPS) is 58.8. The van der Waals surface area contributed by atoms with Gasteiger partial charge < -0.3 is 5.11 Å². The summed E-state index contributed by atoms with van der Waals surface area (Å²) in [6, 6.07) is 0. The Morgan fingerprint density at radius 3 is 2.03 bits per heavy atom. The van der Waals surface area contributed by atoms with E-state index in [0.717, 1.165) is 18.8 Å². The summed E-state index contributed by atoms with van der Waals surface area (Å²) in [6.45, 7) is 19.4. The third-order valence-electron chi connectivity index (χ3n) is 14.0. The van der Waals surface area contributed by atoms with Crippen molar-refractivity contribution in [3.05, 3.63) is 0 Å². The van der Waals surface area contributed by atoms with Gasteiger partial charge in [-0.2, -0.15) is 0 Å². The highest BCUT2D eigenvalue weighted by Gasteiger charge is 2.71. The van der Waals surface area contributed by atoms with Crippen LogP contribution in [-0.2, 0) is 4.79 Å². The van der Waals surface area contributed by atoms with E-state index in [-0.39, 0.29) is 16.9 Å². The number of carbonyl (C=O) groups is 1. The highest BCUT2D eigenvalue weighted by Crippen LogP contribution is 2.78. The molecule has 5 fully saturated rings. The van der Waals surface area contributed by atoms with Crippen LogP contribution in [-0.4, -0.2) is 17.0 Å². The average Bonchev–Trinajstić information content (AvgIpc) is 2.99. The first-order valence-electron chi connectivity index (χ1n) is 13.9. The molecule has 3 unspecified atom stereocenters. The highest BCUT2D eigenvalue weighted by atomic mass is 16.3. The van der Waals surface area contributed by atoms with E-state index < -0.39 is 0 Å². The van der Waals surface area contributed by atoms with Gasteiger partial charge in [0, 0.05) is 5.41 Å². The second kappa shape index (κ2) is 6.64. The topological polar surface area (TPSA) is 37.3 Å². The summed E-state index contributed by atoms with van der Waals surface area (Å²) in [5.74, 6) is 3.05. The smallest absolute Gasteiger partial charge is 0.135 e. The monoisotopic (exact) mass is 442 g/mol. The summed E-state index contributed by atoms with van der Waals surface area (Å²) >= 11 is 0. The van der Waals surface area contributed by atoms with Gasteiger partial charge in [0.1, 0.15) is 5.78 Å². The maximum absolute atomic E-state index is 13.0. The van der Waals surface area contributed by atoms with Gasteiger partial charge in [-0.05, 0) is 122 Å². The molecule has 5 aliphatic carbocycles. The van der Waals surface area contributed by atoms with Gasteiger partial charge in [0.05, 0.1) is 6.10 Å². The number of fused-ring (bicyclic) bond motifs is 7. The van der Waals surface area contributed by atoms with Crippen LogP contribution in [0.4, 0.5) is 0 Å². The molecule has 0 spiro atoms. The molecule has 32 heavy (non-hydrogen) atoms. The van der Waals surface area contributed by atoms with Crippen LogP contribution in [0.25, 0.3) is 0 Å². The number of Topliss-reactive ketones (excluding diaryl/α,β-unsaturated/α-hetero) is 1. The lowest BCUT2D eigenvalue weighted by Crippen LogP contribution is -2.67. The molecule has 10 atom stereocenters. The van der Waals surface area contributed by atoms with Crippen molar-refractivity contribution in [2.24, 2.45) is 56.2 Å². The molecule has 5 saturated carbocycles. The summed E-state index contributed by atoms with van der Waals surface area (Å²) in [4.78, 5) is 13.0. The Bertz CT molecular complexity index is 816. The van der Waals surface area contributed by atoms with Crippen molar-refractivity contribution >= 4 is 5.78 Å². The standard InChI is InChI=1S/C30H50O2/c1-19(31)27(5)17-15-26(4)16-18-29(7)20(24(26)27)9-10-22-28(6)13-12-23(32)25(2,3)21(28)11-14-30(22,29)8/h20-24,32H,9-18H2,1-8H3/t20-,21?,22-,23+,24?,26-,27?,28+,29-,30-/m1/s1. The first kappa shape index (κ1) is 23.4. The van der Waals surface area contributed by atoms with Crippen LogP contribution in [0, 0.1) is 56.2 Å². The van der Waals surface area contributed by atoms with Crippen molar-refractivity contribution in [2.45, 2.75) is 126 Å². The number of aliphatic hydroxyl groups is 1. The lowest BCUT2D eigenvalue weighted by Gasteiger charge is -2.73. The molecule has 0 heterocycles. The maximum Gasteiger partial charge on any atom is 0.135 e. The predicted molar refractivity (Wildman–Crippen MR) is 131 cm³/mol. The molecular weight excluding hydrogens is 392 g/mol. The lowest BCUT2D eigenvalue weighted by atomic mass is 9.32. The van der Waals surface area contributed by atoms with Crippen LogP contribution in [0.3, 0.4) is 0 Å². The van der Waals surface area contributed by atoms with E-state index in [0.29, 0.717) is 45.2 Å². The van der Waals surface area contributed by atoms with Gasteiger partial charge in [-0.1, -0.05) is 48.5 Å². The number of ketones is 1. The van der Waals surface area contributed by atoms with Crippen molar-refractivity contribution in [2.75, 3.05) is 0 Å². The molecule has 0 aliphatic heterocycles. The van der Waals surface area contributed by atoms with Crippen molar-refractivity contribution in [1.82, 2.24) is 0 Å². The molecule has 5 rings (SSSR count). The Kier molecular flexibility index (Phi) is 4.85. The van der Waals surface area contributed by atoms with Crippen LogP contribution >= 0.6 is 0 Å². The van der Waals surface area contributed by atoms with E-state index in [1.807, 2.05) is 6.92 Å². The van der Waals surface area contributed by atoms with E-state index in [1.54, 1.807) is 0 Å². The SMILES string of the molecule is CC(=O)C1(C)CC[C@]2(C)CC[C@]3(C)[C@H](CC[C@@H]4[C@@]5(C)CC[C@H](O)C(C)(C)C5CC[C@]43C)C12. The largest absolute Gasteiger partial charge is 0.393 e. The van der Waals surface area contributed by atoms with Gasteiger partial charge in [0.25, 0.3) is 0 Å². The molecule has 182 valence electrons. The minimum atomic E-state index is -0.151. The summed E-state index contributed by atoms with van der Waals surface area (Å²) in [6.07, 6.45) is 12.2. The number of aliphatic hydroxyl groups excluding tert-OH is 1. The molecule has 0 bridgehead atoms. The average molecular weight is 443 g/mol. The molecule has 5 aliphatic rings. The van der Waals surface area contributed by atoms with Crippen LogP contribution in [0.5, 0.6) is 0 Å². The van der Waals surface area contributed by atoms with Crippen LogP contribution in [0.15, 0.2) is 0 Å². The molecule has 0 radical (unpaired) electrons. The Hall–Kier alpha value is -0.370. The van der Waals surface area contributed by atoms with E-state index in [4.69, 9.17) is 0 Å². The highest BCUT2D eigenvalue weighted by molar-refractivity contribution is 5.83. The van der Waals surface area contributed by atoms with E-state index in [9.17, 15) is 9.90 Å². The number of carbonyl (C=O) groups excluding carboxylic acids is 1. The quantitative estimate of drug-likeness (QED) is 0.458. The van der Waals surface area contributed by atoms with Gasteiger partial charge >= 0.3 is 0 Å². The van der Waals surface area contributed by atoms with Gasteiger partial charge in [-0.25, -0.2) is 0 Å². The molecule has 0 amide bonds. The van der Waals surface area contributed by atoms with Crippen LogP contribution < -0.4 is 0 Å². The molecule has 1 N–H and O–H groups in total. The second-order valence-corrected chi connectivity index (χ2v) is 15.1. The Morgan fingerprint density at radius 1 is 0.719 bits per heavy atom. The number of hydrogen-bond donors (Lipinski definition) is 1. The fourth-order valence-corrected chi connectivity index (χ4v) is 11.7. The molecule has 2 nitrogen and oxygen atoms in total. The minimum absolute atomic E-state index is 0.0237. The molecule has 0 aromatic heterocycles. The van der Waals surface area contributed by atoms with Crippen LogP contribution in [0.1, 0.15) is 120 Å². The third-order valence-corrected chi connectivity index (χ3v) is 14.0. The van der Waals surface area contributed by atoms with Crippen molar-refractivity contribution in [3.63, 3.8) is 0 Å². The van der Waals surface area contributed by atoms with Gasteiger partial charge in [-0.15, -0.1) is 0 Å². The molecule has 0 saturated heterocycles. The van der Waals surface area contributed by atoms with Gasteiger partial charge in [0.15, 0.2) is 0 Å². The van der Waals surface area contributed by atoms with Gasteiger partial charge in [0.2, 0.25) is 0 Å². The summed E-state index contributed by atoms with van der Waals surface area (Å²) < 4.78 is 0. The first-order valence-corrected chi connectivity index (χ1v) is 13.9. The van der Waals surface area contributed by atoms with Gasteiger partial charge in [-0.3, -0.25) is 4.79 Å². The zero-order chi connectivity index (χ0) is 23.5. The Balaban J connectivity index is 1.57. The van der Waals surface area contributed by atoms with Crippen molar-refractivity contribution in [3.8, 4) is 0 Å². The van der Waals surface area contributed by atoms with E-state index in [2.05, 4.69) is 48.5 Å². The minimum Gasteiger partial charge on any atom is -0.393 e. The summed E-state index contributed by atoms with van der Waals surface area (Å²) in [7, 11) is 0. The zero-order valence-electron chi connectivity index (χ0n) is 22.3. The Labute approximate surface area is 197 Å². The summed E-state index contributed by atoms with van der Waals surface area (Å²) in [5, 5.41) is 10.9. The first-order chi connectivity index (χ1) is 14.7. The van der Waals surface area contributed by atoms with Crippen LogP contribution in [0.2, 0.25) is 0 Å². The second-order valence-electron chi connectivity index (χ2n) is 15.1. The number of hydrogen-bond acceptors (Lipinski definition) is 2. The zero-order valence-corrected chi connectivity index (χ0v) is 22.3. The van der Waals surface area contributed by atoms with Crippen molar-refractivity contribution < 1.29 is 9.90 Å². The van der Waals surface area contributed by atoms with E-state index >= 15 is 0 Å². The molecule has 0 aromatic carbocycles. The molecular formula is C30H50O2. The fraction of sp³-hybridized carbons (Fsp3) is 0.967. The predicted octanol–water partition coefficient (Wildman–Crippen LogP) is 7.43. The number of rotatable bonds is 1. The fourth-order valence-electron chi connectivity index (χ4n) is 11.7. The van der Waals surface area contributed by atoms with Crippen molar-refractivity contribution in [1.29, 1.82) is 0 Å². The van der Waals surface area contributed by atoms with E-state index in [1.165, 1.54) is 51.4 Å². The maximum atomic E-state index is 13.0. The summed E-state index contributed by atoms with van der Waals surface area (Å²) in [5.41, 5.74) is 1.27. The molecule has 0 aromatic rings.